The van der Waals surface area contributed by atoms with Gasteiger partial charge in [0.2, 0.25) is 0 Å². The fraction of sp³-hybridized carbons (Fsp3) is 0.500. The van der Waals surface area contributed by atoms with Crippen LogP contribution in [-0.2, 0) is 21.4 Å². The van der Waals surface area contributed by atoms with E-state index in [1.807, 2.05) is 6.07 Å². The molecular formula is C22H33NO3Si. The maximum Gasteiger partial charge on any atom is 0.303 e. The van der Waals surface area contributed by atoms with E-state index >= 15 is 0 Å². The van der Waals surface area contributed by atoms with E-state index in [1.165, 1.54) is 12.5 Å². The van der Waals surface area contributed by atoms with E-state index in [0.717, 1.165) is 29.7 Å². The van der Waals surface area contributed by atoms with Crippen molar-refractivity contribution < 1.29 is 13.9 Å². The molecule has 0 aliphatic rings. The van der Waals surface area contributed by atoms with Gasteiger partial charge in [-0.1, -0.05) is 64.2 Å². The van der Waals surface area contributed by atoms with Crippen LogP contribution in [0.15, 0.2) is 40.8 Å². The first-order chi connectivity index (χ1) is 12.7. The largest absolute Gasteiger partial charge is 0.471 e. The summed E-state index contributed by atoms with van der Waals surface area (Å²) in [6.07, 6.45) is 0.626. The number of benzene rings is 1. The molecule has 1 aromatic heterocycles. The molecule has 1 heterocycles. The Morgan fingerprint density at radius 2 is 1.89 bits per heavy atom. The van der Waals surface area contributed by atoms with E-state index in [1.54, 1.807) is 0 Å². The molecule has 0 amide bonds. The van der Waals surface area contributed by atoms with Gasteiger partial charge in [0.1, 0.15) is 20.7 Å². The van der Waals surface area contributed by atoms with Crippen molar-refractivity contribution >= 4 is 20.1 Å². The number of carbonyl (C=O) groups is 1. The first-order valence-corrected chi connectivity index (χ1v) is 12.6. The molecule has 2 rings (SSSR count). The highest BCUT2D eigenvalue weighted by Gasteiger charge is 2.28. The lowest BCUT2D eigenvalue weighted by Crippen LogP contribution is -2.32. The summed E-state index contributed by atoms with van der Waals surface area (Å²) >= 11 is 0. The van der Waals surface area contributed by atoms with Gasteiger partial charge in [-0.25, -0.2) is 0 Å². The smallest absolute Gasteiger partial charge is 0.303 e. The van der Waals surface area contributed by atoms with Gasteiger partial charge in [0.05, 0.1) is 5.38 Å². The highest BCUT2D eigenvalue weighted by Crippen LogP contribution is 2.27. The fourth-order valence-corrected chi connectivity index (χ4v) is 4.32. The Morgan fingerprint density at radius 1 is 1.22 bits per heavy atom. The highest BCUT2D eigenvalue weighted by atomic mass is 28.3. The average molecular weight is 388 g/mol. The number of ether oxygens (including phenoxy) is 1. The molecule has 27 heavy (non-hydrogen) atoms. The lowest BCUT2D eigenvalue weighted by atomic mass is 9.93. The van der Waals surface area contributed by atoms with Crippen molar-refractivity contribution in [3.63, 3.8) is 0 Å². The number of hydrogen-bond acceptors (Lipinski definition) is 4. The molecule has 1 aromatic carbocycles. The Morgan fingerprint density at radius 3 is 2.44 bits per heavy atom. The monoisotopic (exact) mass is 387 g/mol. The summed E-state index contributed by atoms with van der Waals surface area (Å²) in [4.78, 5) is 11.7. The highest BCUT2D eigenvalue weighted by molar-refractivity contribution is 6.69. The zero-order valence-corrected chi connectivity index (χ0v) is 18.6. The molecule has 0 bridgehead atoms. The molecule has 1 N–H and O–H groups in total. The van der Waals surface area contributed by atoms with Crippen LogP contribution in [0.1, 0.15) is 50.7 Å². The van der Waals surface area contributed by atoms with Gasteiger partial charge >= 0.3 is 5.97 Å². The normalized spacial score (nSPS) is 13.0. The molecule has 0 radical (unpaired) electrons. The summed E-state index contributed by atoms with van der Waals surface area (Å²) in [5.41, 5.74) is 2.25. The molecule has 0 spiro atoms. The molecule has 148 valence electrons. The van der Waals surface area contributed by atoms with Gasteiger partial charge in [-0.3, -0.25) is 4.79 Å². The van der Waals surface area contributed by atoms with Crippen LogP contribution in [0.4, 0.5) is 0 Å². The van der Waals surface area contributed by atoms with E-state index in [4.69, 9.17) is 9.15 Å². The van der Waals surface area contributed by atoms with Crippen LogP contribution < -0.4 is 10.7 Å². The van der Waals surface area contributed by atoms with Crippen molar-refractivity contribution in [3.05, 3.63) is 53.3 Å². The minimum Gasteiger partial charge on any atom is -0.471 e. The van der Waals surface area contributed by atoms with E-state index in [-0.39, 0.29) is 17.5 Å². The SMILES string of the molecule is CC(=O)OC(CNCCc1ccccc1)c1cc(C(C)(C)C)oc1[SiH](C)C. The van der Waals surface area contributed by atoms with Crippen molar-refractivity contribution in [2.24, 2.45) is 0 Å². The van der Waals surface area contributed by atoms with Crippen LogP contribution in [0, 0.1) is 0 Å². The van der Waals surface area contributed by atoms with E-state index in [9.17, 15) is 4.79 Å². The molecule has 1 atom stereocenters. The third-order valence-corrected chi connectivity index (χ3v) is 5.97. The summed E-state index contributed by atoms with van der Waals surface area (Å²) in [5.74, 6) is 0.690. The summed E-state index contributed by atoms with van der Waals surface area (Å²) in [6, 6.07) is 12.5. The van der Waals surface area contributed by atoms with Crippen molar-refractivity contribution in [1.29, 1.82) is 0 Å². The topological polar surface area (TPSA) is 51.5 Å². The second-order valence-corrected chi connectivity index (χ2v) is 11.2. The minimum absolute atomic E-state index is 0.0716. The molecule has 0 saturated carbocycles. The molecule has 0 fully saturated rings. The number of nitrogens with one attached hydrogen (secondary N) is 1. The molecule has 1 unspecified atom stereocenters. The van der Waals surface area contributed by atoms with Gasteiger partial charge in [0.15, 0.2) is 0 Å². The summed E-state index contributed by atoms with van der Waals surface area (Å²) in [7, 11) is -1.20. The summed E-state index contributed by atoms with van der Waals surface area (Å²) < 4.78 is 11.9. The third kappa shape index (κ3) is 6.36. The van der Waals surface area contributed by atoms with Crippen LogP contribution in [0.5, 0.6) is 0 Å². The van der Waals surface area contributed by atoms with Gasteiger partial charge in [-0.05, 0) is 24.6 Å². The Hall–Kier alpha value is -1.85. The lowest BCUT2D eigenvalue weighted by Gasteiger charge is -2.19. The van der Waals surface area contributed by atoms with Crippen molar-refractivity contribution in [2.75, 3.05) is 13.1 Å². The maximum absolute atomic E-state index is 11.7. The molecule has 4 nitrogen and oxygen atoms in total. The van der Waals surface area contributed by atoms with Crippen LogP contribution in [0.2, 0.25) is 13.1 Å². The average Bonchev–Trinajstić information content (AvgIpc) is 3.04. The standard InChI is InChI=1S/C22H33NO3Si/c1-16(24)25-19(15-23-13-12-17-10-8-7-9-11-17)18-14-20(22(2,3)4)26-21(18)27(5)6/h7-11,14,19,23,27H,12-13,15H2,1-6H3. The second kappa shape index (κ2) is 9.38. The Bertz CT molecular complexity index is 732. The van der Waals surface area contributed by atoms with Gasteiger partial charge in [0, 0.05) is 24.4 Å². The van der Waals surface area contributed by atoms with E-state index in [0.29, 0.717) is 6.54 Å². The zero-order valence-electron chi connectivity index (χ0n) is 17.5. The van der Waals surface area contributed by atoms with Crippen molar-refractivity contribution in [3.8, 4) is 0 Å². The van der Waals surface area contributed by atoms with Crippen LogP contribution in [0.3, 0.4) is 0 Å². The first-order valence-electron chi connectivity index (χ1n) is 9.74. The Balaban J connectivity index is 2.13. The molecule has 2 aromatic rings. The summed E-state index contributed by atoms with van der Waals surface area (Å²) in [5, 5.41) is 4.49. The van der Waals surface area contributed by atoms with Gasteiger partial charge in [-0.2, -0.15) is 0 Å². The number of esters is 1. The van der Waals surface area contributed by atoms with Gasteiger partial charge in [0.25, 0.3) is 0 Å². The Labute approximate surface area is 164 Å². The maximum atomic E-state index is 11.7. The molecular weight excluding hydrogens is 354 g/mol. The quantitative estimate of drug-likeness (QED) is 0.426. The lowest BCUT2D eigenvalue weighted by molar-refractivity contribution is -0.146. The number of furan rings is 1. The predicted molar refractivity (Wildman–Crippen MR) is 113 cm³/mol. The third-order valence-electron chi connectivity index (χ3n) is 4.47. The fourth-order valence-electron chi connectivity index (χ4n) is 3.02. The Kier molecular flexibility index (Phi) is 7.45. The second-order valence-electron chi connectivity index (χ2n) is 8.37. The van der Waals surface area contributed by atoms with E-state index in [2.05, 4.69) is 69.5 Å². The summed E-state index contributed by atoms with van der Waals surface area (Å²) in [6.45, 7) is 13.8. The number of hydrogen-bond donors (Lipinski definition) is 1. The molecule has 0 saturated heterocycles. The van der Waals surface area contributed by atoms with Crippen LogP contribution in [0.25, 0.3) is 0 Å². The van der Waals surface area contributed by atoms with Crippen LogP contribution >= 0.6 is 0 Å². The predicted octanol–water partition coefficient (Wildman–Crippen LogP) is 3.71. The molecule has 5 heteroatoms. The molecule has 0 aliphatic heterocycles. The molecule has 0 aliphatic carbocycles. The van der Waals surface area contributed by atoms with Gasteiger partial charge < -0.3 is 14.5 Å². The minimum atomic E-state index is -1.20. The van der Waals surface area contributed by atoms with Crippen molar-refractivity contribution in [1.82, 2.24) is 5.32 Å². The number of rotatable bonds is 8. The van der Waals surface area contributed by atoms with E-state index < -0.39 is 8.80 Å². The van der Waals surface area contributed by atoms with Crippen molar-refractivity contribution in [2.45, 2.75) is 58.7 Å². The number of carbonyl (C=O) groups excluding carboxylic acids is 1. The first kappa shape index (κ1) is 21.4. The zero-order chi connectivity index (χ0) is 20.0. The van der Waals surface area contributed by atoms with Gasteiger partial charge in [-0.15, -0.1) is 0 Å². The van der Waals surface area contributed by atoms with Crippen LogP contribution in [-0.4, -0.2) is 27.9 Å².